The van der Waals surface area contributed by atoms with Crippen molar-refractivity contribution in [2.75, 3.05) is 5.73 Å². The number of halogens is 2. The van der Waals surface area contributed by atoms with E-state index in [1.54, 1.807) is 18.2 Å². The Hall–Kier alpha value is -1.56. The van der Waals surface area contributed by atoms with Crippen molar-refractivity contribution in [2.24, 2.45) is 0 Å². The maximum Gasteiger partial charge on any atom is 0.232 e. The molecule has 0 aliphatic rings. The zero-order chi connectivity index (χ0) is 14.3. The second kappa shape index (κ2) is 5.09. The van der Waals surface area contributed by atoms with Gasteiger partial charge in [-0.1, -0.05) is 23.2 Å². The van der Waals surface area contributed by atoms with Crippen LogP contribution in [0.4, 0.5) is 5.95 Å². The zero-order valence-corrected chi connectivity index (χ0v) is 12.7. The van der Waals surface area contributed by atoms with Gasteiger partial charge >= 0.3 is 0 Å². The lowest BCUT2D eigenvalue weighted by Gasteiger charge is -2.07. The second-order valence-electron chi connectivity index (χ2n) is 4.17. The van der Waals surface area contributed by atoms with Crippen molar-refractivity contribution in [2.45, 2.75) is 6.92 Å². The molecule has 2 aromatic heterocycles. The largest absolute Gasteiger partial charge is 0.438 e. The molecule has 102 valence electrons. The molecule has 7 heteroatoms. The summed E-state index contributed by atoms with van der Waals surface area (Å²) in [4.78, 5) is 10.2. The Morgan fingerprint density at radius 2 is 1.80 bits per heavy atom. The Balaban J connectivity index is 2.09. The van der Waals surface area contributed by atoms with Crippen molar-refractivity contribution in [1.29, 1.82) is 0 Å². The zero-order valence-electron chi connectivity index (χ0n) is 10.4. The smallest absolute Gasteiger partial charge is 0.232 e. The van der Waals surface area contributed by atoms with E-state index in [4.69, 9.17) is 33.7 Å². The third kappa shape index (κ3) is 2.65. The molecule has 0 bridgehead atoms. The molecule has 0 saturated heterocycles. The van der Waals surface area contributed by atoms with E-state index in [-0.39, 0.29) is 5.95 Å². The Labute approximate surface area is 129 Å². The Bertz CT molecular complexity index is 783. The first-order valence-electron chi connectivity index (χ1n) is 5.69. The van der Waals surface area contributed by atoms with Gasteiger partial charge < -0.3 is 10.5 Å². The summed E-state index contributed by atoms with van der Waals surface area (Å²) >= 11 is 13.4. The lowest BCUT2D eigenvalue weighted by Crippen LogP contribution is -1.97. The van der Waals surface area contributed by atoms with Crippen molar-refractivity contribution in [3.05, 3.63) is 39.2 Å². The highest BCUT2D eigenvalue weighted by molar-refractivity contribution is 7.18. The van der Waals surface area contributed by atoms with Crippen LogP contribution in [0.15, 0.2) is 24.3 Å². The normalized spacial score (nSPS) is 10.9. The highest BCUT2D eigenvalue weighted by atomic mass is 35.5. The molecule has 0 saturated carbocycles. The first-order valence-corrected chi connectivity index (χ1v) is 7.26. The van der Waals surface area contributed by atoms with Crippen LogP contribution in [0.3, 0.4) is 0 Å². The third-order valence-electron chi connectivity index (χ3n) is 2.55. The van der Waals surface area contributed by atoms with E-state index in [1.807, 2.05) is 13.0 Å². The number of thiophene rings is 1. The van der Waals surface area contributed by atoms with Gasteiger partial charge in [0.05, 0.1) is 5.39 Å². The first kappa shape index (κ1) is 13.4. The summed E-state index contributed by atoms with van der Waals surface area (Å²) in [6.07, 6.45) is 0. The SMILES string of the molecule is Cc1cc2c(Oc3cc(Cl)cc(Cl)c3)nc(N)nc2s1. The van der Waals surface area contributed by atoms with Crippen LogP contribution in [0.2, 0.25) is 10.0 Å². The van der Waals surface area contributed by atoms with Crippen LogP contribution in [-0.2, 0) is 0 Å². The molecule has 3 rings (SSSR count). The third-order valence-corrected chi connectivity index (χ3v) is 3.93. The number of rotatable bonds is 2. The average Bonchev–Trinajstić information content (AvgIpc) is 2.68. The monoisotopic (exact) mass is 325 g/mol. The molecule has 0 spiro atoms. The summed E-state index contributed by atoms with van der Waals surface area (Å²) in [6, 6.07) is 6.92. The minimum absolute atomic E-state index is 0.169. The summed E-state index contributed by atoms with van der Waals surface area (Å²) in [6.45, 7) is 1.99. The highest BCUT2D eigenvalue weighted by Crippen LogP contribution is 2.34. The van der Waals surface area contributed by atoms with E-state index in [0.29, 0.717) is 21.7 Å². The van der Waals surface area contributed by atoms with Crippen LogP contribution >= 0.6 is 34.5 Å². The van der Waals surface area contributed by atoms with Crippen LogP contribution in [-0.4, -0.2) is 9.97 Å². The van der Waals surface area contributed by atoms with E-state index < -0.39 is 0 Å². The number of aromatic nitrogens is 2. The fraction of sp³-hybridized carbons (Fsp3) is 0.0769. The topological polar surface area (TPSA) is 61.0 Å². The second-order valence-corrected chi connectivity index (χ2v) is 6.28. The van der Waals surface area contributed by atoms with Crippen LogP contribution in [0.25, 0.3) is 10.2 Å². The van der Waals surface area contributed by atoms with Crippen molar-refractivity contribution in [3.63, 3.8) is 0 Å². The van der Waals surface area contributed by atoms with Gasteiger partial charge in [-0.25, -0.2) is 4.98 Å². The van der Waals surface area contributed by atoms with Gasteiger partial charge in [0.15, 0.2) is 0 Å². The summed E-state index contributed by atoms with van der Waals surface area (Å²) < 4.78 is 5.75. The molecule has 3 aromatic rings. The van der Waals surface area contributed by atoms with Crippen molar-refractivity contribution in [3.8, 4) is 11.6 Å². The maximum absolute atomic E-state index is 5.95. The molecular formula is C13H9Cl2N3OS. The van der Waals surface area contributed by atoms with E-state index >= 15 is 0 Å². The molecule has 0 aliphatic heterocycles. The predicted octanol–water partition coefficient (Wildman–Crippen LogP) is 4.68. The van der Waals surface area contributed by atoms with Gasteiger partial charge in [0.2, 0.25) is 11.8 Å². The summed E-state index contributed by atoms with van der Waals surface area (Å²) in [5.74, 6) is 1.07. The fourth-order valence-corrected chi connectivity index (χ4v) is 3.19. The Kier molecular flexibility index (Phi) is 3.41. The number of fused-ring (bicyclic) bond motifs is 1. The van der Waals surface area contributed by atoms with Gasteiger partial charge in [-0.15, -0.1) is 11.3 Å². The highest BCUT2D eigenvalue weighted by Gasteiger charge is 2.12. The van der Waals surface area contributed by atoms with Gasteiger partial charge in [0.1, 0.15) is 10.6 Å². The lowest BCUT2D eigenvalue weighted by molar-refractivity contribution is 0.469. The molecule has 2 heterocycles. The Morgan fingerprint density at radius 3 is 2.50 bits per heavy atom. The molecule has 0 aliphatic carbocycles. The Morgan fingerprint density at radius 1 is 1.10 bits per heavy atom. The number of nitrogens with zero attached hydrogens (tertiary/aromatic N) is 2. The molecular weight excluding hydrogens is 317 g/mol. The number of hydrogen-bond donors (Lipinski definition) is 1. The fourth-order valence-electron chi connectivity index (χ4n) is 1.81. The van der Waals surface area contributed by atoms with E-state index in [9.17, 15) is 0 Å². The summed E-state index contributed by atoms with van der Waals surface area (Å²) in [5.41, 5.74) is 5.70. The van der Waals surface area contributed by atoms with Crippen molar-refractivity contribution < 1.29 is 4.74 Å². The minimum atomic E-state index is 0.169. The number of aryl methyl sites for hydroxylation is 1. The minimum Gasteiger partial charge on any atom is -0.438 e. The number of benzene rings is 1. The van der Waals surface area contributed by atoms with E-state index in [2.05, 4.69) is 9.97 Å². The van der Waals surface area contributed by atoms with E-state index in [0.717, 1.165) is 15.1 Å². The lowest BCUT2D eigenvalue weighted by atomic mass is 10.3. The molecule has 0 amide bonds. The quantitative estimate of drug-likeness (QED) is 0.743. The average molecular weight is 326 g/mol. The van der Waals surface area contributed by atoms with Gasteiger partial charge in [-0.2, -0.15) is 4.98 Å². The molecule has 4 nitrogen and oxygen atoms in total. The number of nitrogens with two attached hydrogens (primary N) is 1. The number of anilines is 1. The molecule has 0 atom stereocenters. The van der Waals surface area contributed by atoms with Crippen molar-refractivity contribution >= 4 is 50.7 Å². The number of nitrogen functional groups attached to an aromatic ring is 1. The molecule has 1 aromatic carbocycles. The predicted molar refractivity (Wildman–Crippen MR) is 83.1 cm³/mol. The molecule has 0 fully saturated rings. The first-order chi connectivity index (χ1) is 9.51. The van der Waals surface area contributed by atoms with Crippen LogP contribution < -0.4 is 10.5 Å². The van der Waals surface area contributed by atoms with Crippen molar-refractivity contribution in [1.82, 2.24) is 9.97 Å². The molecule has 0 unspecified atom stereocenters. The van der Waals surface area contributed by atoms with Gasteiger partial charge in [0, 0.05) is 14.9 Å². The standard InChI is InChI=1S/C13H9Cl2N3OS/c1-6-2-10-11(17-13(16)18-12(10)20-6)19-9-4-7(14)3-8(15)5-9/h2-5H,1H3,(H2,16,17,18). The summed E-state index contributed by atoms with van der Waals surface area (Å²) in [5, 5.41) is 1.80. The summed E-state index contributed by atoms with van der Waals surface area (Å²) in [7, 11) is 0. The van der Waals surface area contributed by atoms with E-state index in [1.165, 1.54) is 11.3 Å². The number of hydrogen-bond acceptors (Lipinski definition) is 5. The molecule has 2 N–H and O–H groups in total. The van der Waals surface area contributed by atoms with Gasteiger partial charge in [0.25, 0.3) is 0 Å². The number of ether oxygens (including phenoxy) is 1. The van der Waals surface area contributed by atoms with Crippen LogP contribution in [0.5, 0.6) is 11.6 Å². The van der Waals surface area contributed by atoms with Gasteiger partial charge in [-0.05, 0) is 31.2 Å². The molecule has 0 radical (unpaired) electrons. The maximum atomic E-state index is 5.95. The molecule has 20 heavy (non-hydrogen) atoms. The van der Waals surface area contributed by atoms with Crippen LogP contribution in [0.1, 0.15) is 4.88 Å². The van der Waals surface area contributed by atoms with Gasteiger partial charge in [-0.3, -0.25) is 0 Å². The van der Waals surface area contributed by atoms with Crippen LogP contribution in [0, 0.1) is 6.92 Å².